The predicted octanol–water partition coefficient (Wildman–Crippen LogP) is 3.65. The van der Waals surface area contributed by atoms with E-state index in [0.29, 0.717) is 17.5 Å². The molecule has 2 aromatic rings. The van der Waals surface area contributed by atoms with E-state index in [1.165, 1.54) is 25.3 Å². The lowest BCUT2D eigenvalue weighted by Crippen LogP contribution is -2.43. The number of nitrogens with one attached hydrogen (secondary N) is 1. The number of amides is 3. The molecule has 0 radical (unpaired) electrons. The van der Waals surface area contributed by atoms with Crippen molar-refractivity contribution < 1.29 is 27.8 Å². The number of nitrogens with zero attached hydrogens (tertiary/aromatic N) is 1. The molecule has 3 rings (SSSR count). The molecular weight excluding hydrogens is 370 g/mol. The van der Waals surface area contributed by atoms with Crippen LogP contribution in [0, 0.1) is 0 Å². The first-order chi connectivity index (χ1) is 13.4. The van der Waals surface area contributed by atoms with Crippen LogP contribution in [0.15, 0.2) is 48.5 Å². The van der Waals surface area contributed by atoms with Crippen LogP contribution >= 0.6 is 0 Å². The lowest BCUT2D eigenvalue weighted by molar-refractivity contribution is -0.132. The van der Waals surface area contributed by atoms with Crippen LogP contribution in [0.2, 0.25) is 0 Å². The fourth-order valence-corrected chi connectivity index (χ4v) is 3.32. The second-order valence-corrected chi connectivity index (χ2v) is 6.31. The van der Waals surface area contributed by atoms with Gasteiger partial charge in [-0.3, -0.25) is 9.69 Å². The summed E-state index contributed by atoms with van der Waals surface area (Å²) in [6, 6.07) is 12.8. The Balaban J connectivity index is 1.87. The Hall–Kier alpha value is -3.16. The first kappa shape index (κ1) is 19.6. The molecule has 1 saturated heterocycles. The summed E-state index contributed by atoms with van der Waals surface area (Å²) in [4.78, 5) is 26.8. The second-order valence-electron chi connectivity index (χ2n) is 6.31. The highest BCUT2D eigenvalue weighted by atomic mass is 19.3. The lowest BCUT2D eigenvalue weighted by Gasteiger charge is -2.25. The number of carbonyl (C=O) groups is 2. The number of alkyl halides is 2. The van der Waals surface area contributed by atoms with Crippen molar-refractivity contribution in [1.29, 1.82) is 0 Å². The minimum absolute atomic E-state index is 0.0232. The van der Waals surface area contributed by atoms with Crippen molar-refractivity contribution in [3.05, 3.63) is 59.7 Å². The molecule has 1 aliphatic rings. The third-order valence-electron chi connectivity index (χ3n) is 4.76. The molecule has 1 N–H and O–H groups in total. The van der Waals surface area contributed by atoms with Gasteiger partial charge in [0.25, 0.3) is 5.91 Å². The zero-order chi connectivity index (χ0) is 20.3. The predicted molar refractivity (Wildman–Crippen MR) is 97.1 cm³/mol. The van der Waals surface area contributed by atoms with E-state index in [9.17, 15) is 18.4 Å². The number of methoxy groups -OCH3 is 1. The Morgan fingerprint density at radius 1 is 1.11 bits per heavy atom. The van der Waals surface area contributed by atoms with Crippen LogP contribution < -0.4 is 14.8 Å². The van der Waals surface area contributed by atoms with Gasteiger partial charge in [0.15, 0.2) is 11.5 Å². The van der Waals surface area contributed by atoms with E-state index in [1.807, 2.05) is 13.0 Å². The Bertz CT molecular complexity index is 876. The molecule has 8 heteroatoms. The normalized spacial score (nSPS) is 19.1. The standard InChI is InChI=1S/C20H20F2N2O4/c1-3-20(14-7-5-4-6-8-14)17(25)24(19(26)23-20)12-13-9-10-15(28-18(21)22)16(11-13)27-2/h4-11,18H,3,12H2,1-2H3,(H,23,26)/t20-/m0/s1. The van der Waals surface area contributed by atoms with Gasteiger partial charge in [0.2, 0.25) is 0 Å². The summed E-state index contributed by atoms with van der Waals surface area (Å²) >= 11 is 0. The number of ether oxygens (including phenoxy) is 2. The van der Waals surface area contributed by atoms with Crippen LogP contribution in [-0.2, 0) is 16.9 Å². The Labute approximate surface area is 161 Å². The SMILES string of the molecule is CC[C@@]1(c2ccccc2)NC(=O)N(Cc2ccc(OC(F)F)c(OC)c2)C1=O. The molecule has 1 atom stereocenters. The quantitative estimate of drug-likeness (QED) is 0.733. The van der Waals surface area contributed by atoms with Crippen LogP contribution in [0.25, 0.3) is 0 Å². The molecule has 0 aliphatic carbocycles. The highest BCUT2D eigenvalue weighted by Gasteiger charge is 2.51. The highest BCUT2D eigenvalue weighted by molar-refractivity contribution is 6.07. The molecule has 6 nitrogen and oxygen atoms in total. The molecule has 148 valence electrons. The van der Waals surface area contributed by atoms with Gasteiger partial charge in [-0.2, -0.15) is 8.78 Å². The van der Waals surface area contributed by atoms with Gasteiger partial charge in [-0.05, 0) is 29.7 Å². The summed E-state index contributed by atoms with van der Waals surface area (Å²) in [5, 5.41) is 2.80. The van der Waals surface area contributed by atoms with Crippen molar-refractivity contribution in [2.45, 2.75) is 32.0 Å². The molecule has 0 bridgehead atoms. The molecule has 0 unspecified atom stereocenters. The maximum atomic E-state index is 13.1. The molecule has 28 heavy (non-hydrogen) atoms. The Kier molecular flexibility index (Phi) is 5.48. The van der Waals surface area contributed by atoms with Crippen LogP contribution in [0.1, 0.15) is 24.5 Å². The first-order valence-electron chi connectivity index (χ1n) is 8.72. The maximum absolute atomic E-state index is 13.1. The van der Waals surface area contributed by atoms with E-state index >= 15 is 0 Å². The van der Waals surface area contributed by atoms with Crippen LogP contribution in [0.3, 0.4) is 0 Å². The van der Waals surface area contributed by atoms with E-state index in [4.69, 9.17) is 4.74 Å². The summed E-state index contributed by atoms with van der Waals surface area (Å²) in [6.07, 6.45) is 0.391. The van der Waals surface area contributed by atoms with Gasteiger partial charge in [-0.25, -0.2) is 4.79 Å². The van der Waals surface area contributed by atoms with Crippen LogP contribution in [0.5, 0.6) is 11.5 Å². The number of benzene rings is 2. The number of halogens is 2. The van der Waals surface area contributed by atoms with Crippen molar-refractivity contribution in [1.82, 2.24) is 10.2 Å². The van der Waals surface area contributed by atoms with Gasteiger partial charge < -0.3 is 14.8 Å². The van der Waals surface area contributed by atoms with Crippen molar-refractivity contribution in [3.63, 3.8) is 0 Å². The topological polar surface area (TPSA) is 67.9 Å². The van der Waals surface area contributed by atoms with Crippen molar-refractivity contribution in [2.75, 3.05) is 7.11 Å². The highest BCUT2D eigenvalue weighted by Crippen LogP contribution is 2.34. The number of hydrogen-bond donors (Lipinski definition) is 1. The van der Waals surface area contributed by atoms with Crippen molar-refractivity contribution in [3.8, 4) is 11.5 Å². The Morgan fingerprint density at radius 2 is 1.82 bits per heavy atom. The summed E-state index contributed by atoms with van der Waals surface area (Å²) < 4.78 is 34.4. The van der Waals surface area contributed by atoms with Crippen molar-refractivity contribution in [2.24, 2.45) is 0 Å². The molecule has 1 aliphatic heterocycles. The number of imide groups is 1. The van der Waals surface area contributed by atoms with E-state index in [-0.39, 0.29) is 24.0 Å². The number of carbonyl (C=O) groups excluding carboxylic acids is 2. The van der Waals surface area contributed by atoms with Crippen LogP contribution in [-0.4, -0.2) is 30.6 Å². The monoisotopic (exact) mass is 390 g/mol. The van der Waals surface area contributed by atoms with Gasteiger partial charge in [-0.15, -0.1) is 0 Å². The zero-order valence-electron chi connectivity index (χ0n) is 15.4. The minimum atomic E-state index is -2.98. The molecule has 1 fully saturated rings. The zero-order valence-corrected chi connectivity index (χ0v) is 15.4. The molecule has 0 aromatic heterocycles. The summed E-state index contributed by atoms with van der Waals surface area (Å²) in [5.41, 5.74) is 0.125. The minimum Gasteiger partial charge on any atom is -0.493 e. The van der Waals surface area contributed by atoms with Gasteiger partial charge in [0.1, 0.15) is 5.54 Å². The largest absolute Gasteiger partial charge is 0.493 e. The molecule has 0 spiro atoms. The third-order valence-corrected chi connectivity index (χ3v) is 4.76. The van der Waals surface area contributed by atoms with E-state index in [2.05, 4.69) is 10.1 Å². The molecular formula is C20H20F2N2O4. The summed E-state index contributed by atoms with van der Waals surface area (Å²) in [7, 11) is 1.32. The summed E-state index contributed by atoms with van der Waals surface area (Å²) in [5.74, 6) is -0.390. The van der Waals surface area contributed by atoms with Gasteiger partial charge in [-0.1, -0.05) is 43.3 Å². The molecule has 0 saturated carbocycles. The van der Waals surface area contributed by atoms with Gasteiger partial charge in [0, 0.05) is 0 Å². The average Bonchev–Trinajstić information content (AvgIpc) is 2.94. The second kappa shape index (κ2) is 7.84. The molecule has 1 heterocycles. The number of hydrogen-bond acceptors (Lipinski definition) is 4. The number of urea groups is 1. The smallest absolute Gasteiger partial charge is 0.387 e. The van der Waals surface area contributed by atoms with E-state index in [1.54, 1.807) is 24.3 Å². The Morgan fingerprint density at radius 3 is 2.43 bits per heavy atom. The lowest BCUT2D eigenvalue weighted by atomic mass is 9.87. The molecule has 2 aromatic carbocycles. The maximum Gasteiger partial charge on any atom is 0.387 e. The van der Waals surface area contributed by atoms with Crippen molar-refractivity contribution >= 4 is 11.9 Å². The van der Waals surface area contributed by atoms with E-state index in [0.717, 1.165) is 4.90 Å². The number of rotatable bonds is 7. The van der Waals surface area contributed by atoms with Gasteiger partial charge >= 0.3 is 12.6 Å². The fourth-order valence-electron chi connectivity index (χ4n) is 3.32. The van der Waals surface area contributed by atoms with E-state index < -0.39 is 18.2 Å². The first-order valence-corrected chi connectivity index (χ1v) is 8.72. The summed E-state index contributed by atoms with van der Waals surface area (Å²) in [6.45, 7) is -1.18. The van der Waals surface area contributed by atoms with Crippen LogP contribution in [0.4, 0.5) is 13.6 Å². The third kappa shape index (κ3) is 3.49. The molecule has 3 amide bonds. The fraction of sp³-hybridized carbons (Fsp3) is 0.300. The average molecular weight is 390 g/mol. The van der Waals surface area contributed by atoms with Gasteiger partial charge in [0.05, 0.1) is 13.7 Å².